The number of hydrogen-bond donors (Lipinski definition) is 2. The first-order chi connectivity index (χ1) is 16.4. The number of anilines is 1. The third kappa shape index (κ3) is 6.04. The largest absolute Gasteiger partial charge is 0.389 e. The molecule has 2 heterocycles. The highest BCUT2D eigenvalue weighted by Gasteiger charge is 2.25. The zero-order valence-electron chi connectivity index (χ0n) is 18.3. The van der Waals surface area contributed by atoms with Crippen molar-refractivity contribution in [2.45, 2.75) is 19.4 Å². The molecule has 13 heteroatoms. The number of nitrogens with zero attached hydrogens (tertiary/aromatic N) is 4. The average molecular weight is 539 g/mol. The number of rotatable bonds is 5. The van der Waals surface area contributed by atoms with E-state index in [9.17, 15) is 25.3 Å². The minimum atomic E-state index is -1.01. The molecule has 0 aliphatic carbocycles. The Kier molecular flexibility index (Phi) is 7.91. The van der Waals surface area contributed by atoms with Gasteiger partial charge in [0.25, 0.3) is 0 Å². The van der Waals surface area contributed by atoms with Crippen molar-refractivity contribution in [3.63, 3.8) is 0 Å². The second-order valence-electron chi connectivity index (χ2n) is 7.91. The van der Waals surface area contributed by atoms with Gasteiger partial charge >= 0.3 is 11.4 Å². The van der Waals surface area contributed by atoms with Crippen LogP contribution in [0.1, 0.15) is 13.8 Å². The fourth-order valence-corrected chi connectivity index (χ4v) is 3.99. The molecule has 0 amide bonds. The van der Waals surface area contributed by atoms with Gasteiger partial charge in [-0.2, -0.15) is 0 Å². The number of fused-ring (bicyclic) bond motifs is 2. The Morgan fingerprint density at radius 2 is 1.31 bits per heavy atom. The third-order valence-electron chi connectivity index (χ3n) is 4.65. The van der Waals surface area contributed by atoms with E-state index in [-0.39, 0.29) is 38.9 Å². The van der Waals surface area contributed by atoms with Gasteiger partial charge in [-0.3, -0.25) is 20.2 Å². The van der Waals surface area contributed by atoms with Crippen LogP contribution in [0.3, 0.4) is 0 Å². The summed E-state index contributed by atoms with van der Waals surface area (Å²) in [4.78, 5) is 28.6. The SMILES string of the molecule is CC(C)(O)CNc1c([N+](=O)[O-])c(Cl)nc2ccccc12.O=[N+]([O-])c1c(Cl)nc2ccccc2c1Cl. The maximum absolute atomic E-state index is 11.2. The summed E-state index contributed by atoms with van der Waals surface area (Å²) in [6.07, 6.45) is 0. The highest BCUT2D eigenvalue weighted by molar-refractivity contribution is 6.41. The van der Waals surface area contributed by atoms with Crippen molar-refractivity contribution in [3.8, 4) is 0 Å². The molecule has 2 aromatic heterocycles. The molecule has 4 rings (SSSR count). The second-order valence-corrected chi connectivity index (χ2v) is 9.00. The van der Waals surface area contributed by atoms with Crippen LogP contribution in [0, 0.1) is 20.2 Å². The molecule has 182 valence electrons. The van der Waals surface area contributed by atoms with Crippen LogP contribution in [0.5, 0.6) is 0 Å². The van der Waals surface area contributed by atoms with E-state index in [0.29, 0.717) is 21.8 Å². The lowest BCUT2D eigenvalue weighted by molar-refractivity contribution is -0.384. The van der Waals surface area contributed by atoms with Gasteiger partial charge in [0, 0.05) is 17.3 Å². The predicted octanol–water partition coefficient (Wildman–Crippen LogP) is 6.43. The molecule has 0 atom stereocenters. The standard InChI is InChI=1S/C13H14ClN3O3.C9H4Cl2N2O2/c1-13(2,18)7-15-10-8-5-3-4-6-9(8)16-12(14)11(10)17(19)20;10-7-5-3-1-2-4-6(5)12-9(11)8(7)13(14)15/h3-6,18H,7H2,1-2H3,(H,15,16);1-4H. The van der Waals surface area contributed by atoms with E-state index >= 15 is 0 Å². The van der Waals surface area contributed by atoms with Crippen molar-refractivity contribution in [1.82, 2.24) is 9.97 Å². The van der Waals surface area contributed by atoms with Crippen molar-refractivity contribution in [2.24, 2.45) is 0 Å². The molecule has 0 bridgehead atoms. The maximum atomic E-state index is 11.2. The quantitative estimate of drug-likeness (QED) is 0.168. The molecule has 10 nitrogen and oxygen atoms in total. The van der Waals surface area contributed by atoms with Crippen LogP contribution in [0.4, 0.5) is 17.1 Å². The van der Waals surface area contributed by atoms with E-state index in [4.69, 9.17) is 34.8 Å². The van der Waals surface area contributed by atoms with Crippen molar-refractivity contribution < 1.29 is 15.0 Å². The number of aliphatic hydroxyl groups is 1. The summed E-state index contributed by atoms with van der Waals surface area (Å²) >= 11 is 17.4. The smallest absolute Gasteiger partial charge is 0.329 e. The summed E-state index contributed by atoms with van der Waals surface area (Å²) < 4.78 is 0. The molecule has 35 heavy (non-hydrogen) atoms. The summed E-state index contributed by atoms with van der Waals surface area (Å²) in [6, 6.07) is 13.8. The maximum Gasteiger partial charge on any atom is 0.329 e. The second kappa shape index (κ2) is 10.5. The monoisotopic (exact) mass is 537 g/mol. The fourth-order valence-electron chi connectivity index (χ4n) is 3.11. The van der Waals surface area contributed by atoms with Gasteiger partial charge in [-0.25, -0.2) is 9.97 Å². The Bertz CT molecular complexity index is 1440. The Morgan fingerprint density at radius 1 is 0.857 bits per heavy atom. The number of nitro groups is 2. The molecule has 0 saturated carbocycles. The molecule has 0 unspecified atom stereocenters. The molecule has 2 N–H and O–H groups in total. The van der Waals surface area contributed by atoms with Crippen LogP contribution >= 0.6 is 34.8 Å². The third-order valence-corrected chi connectivity index (χ3v) is 5.56. The molecule has 2 aromatic carbocycles. The van der Waals surface area contributed by atoms with Crippen LogP contribution in [-0.4, -0.2) is 37.1 Å². The molecular weight excluding hydrogens is 521 g/mol. The van der Waals surface area contributed by atoms with E-state index in [1.807, 2.05) is 0 Å². The molecular formula is C22H18Cl3N5O5. The van der Waals surface area contributed by atoms with Crippen LogP contribution < -0.4 is 5.32 Å². The Morgan fingerprint density at radius 3 is 1.83 bits per heavy atom. The number of nitrogens with one attached hydrogen (secondary N) is 1. The Labute approximate surface area is 213 Å². The average Bonchev–Trinajstić information content (AvgIpc) is 2.76. The summed E-state index contributed by atoms with van der Waals surface area (Å²) in [6.45, 7) is 3.37. The van der Waals surface area contributed by atoms with Crippen LogP contribution in [0.15, 0.2) is 48.5 Å². The summed E-state index contributed by atoms with van der Waals surface area (Å²) in [5.41, 5.74) is -0.274. The Balaban J connectivity index is 0.000000203. The number of hydrogen-bond acceptors (Lipinski definition) is 8. The van der Waals surface area contributed by atoms with Gasteiger partial charge in [-0.05, 0) is 26.0 Å². The van der Waals surface area contributed by atoms with Gasteiger partial charge < -0.3 is 10.4 Å². The fraction of sp³-hybridized carbons (Fsp3) is 0.182. The lowest BCUT2D eigenvalue weighted by Gasteiger charge is -2.19. The van der Waals surface area contributed by atoms with E-state index < -0.39 is 15.4 Å². The van der Waals surface area contributed by atoms with E-state index in [1.165, 1.54) is 0 Å². The van der Waals surface area contributed by atoms with Gasteiger partial charge in [-0.15, -0.1) is 0 Å². The summed E-state index contributed by atoms with van der Waals surface area (Å²) in [7, 11) is 0. The molecule has 4 aromatic rings. The first-order valence-corrected chi connectivity index (χ1v) is 11.1. The first kappa shape index (κ1) is 26.3. The molecule has 0 spiro atoms. The molecule has 0 radical (unpaired) electrons. The first-order valence-electron chi connectivity index (χ1n) is 9.97. The van der Waals surface area contributed by atoms with Gasteiger partial charge in [-0.1, -0.05) is 71.2 Å². The molecule has 0 saturated heterocycles. The summed E-state index contributed by atoms with van der Waals surface area (Å²) in [5, 5.41) is 35.3. The number of aromatic nitrogens is 2. The normalized spacial score (nSPS) is 11.1. The lowest BCUT2D eigenvalue weighted by atomic mass is 10.1. The minimum Gasteiger partial charge on any atom is -0.389 e. The van der Waals surface area contributed by atoms with Crippen molar-refractivity contribution in [2.75, 3.05) is 11.9 Å². The van der Waals surface area contributed by atoms with E-state index in [1.54, 1.807) is 62.4 Å². The predicted molar refractivity (Wildman–Crippen MR) is 137 cm³/mol. The van der Waals surface area contributed by atoms with Crippen LogP contribution in [0.25, 0.3) is 21.8 Å². The van der Waals surface area contributed by atoms with Crippen molar-refractivity contribution in [3.05, 3.63) is 84.1 Å². The zero-order valence-corrected chi connectivity index (χ0v) is 20.6. The highest BCUT2D eigenvalue weighted by atomic mass is 35.5. The number of halogens is 3. The molecule has 0 fully saturated rings. The van der Waals surface area contributed by atoms with E-state index in [0.717, 1.165) is 0 Å². The number of benzene rings is 2. The molecule has 0 aliphatic rings. The van der Waals surface area contributed by atoms with E-state index in [2.05, 4.69) is 15.3 Å². The van der Waals surface area contributed by atoms with Crippen LogP contribution in [-0.2, 0) is 0 Å². The highest BCUT2D eigenvalue weighted by Crippen LogP contribution is 2.38. The Hall–Kier alpha value is -3.31. The number of para-hydroxylation sites is 2. The summed E-state index contributed by atoms with van der Waals surface area (Å²) in [5.74, 6) is 0. The molecule has 0 aliphatic heterocycles. The minimum absolute atomic E-state index is 0.0237. The van der Waals surface area contributed by atoms with Gasteiger partial charge in [0.05, 0.1) is 26.5 Å². The zero-order chi connectivity index (χ0) is 25.9. The topological polar surface area (TPSA) is 144 Å². The van der Waals surface area contributed by atoms with Gasteiger partial charge in [0.1, 0.15) is 10.7 Å². The lowest BCUT2D eigenvalue weighted by Crippen LogP contribution is -2.29. The van der Waals surface area contributed by atoms with Gasteiger partial charge in [0.15, 0.2) is 0 Å². The van der Waals surface area contributed by atoms with Crippen LogP contribution in [0.2, 0.25) is 15.3 Å². The van der Waals surface area contributed by atoms with Crippen molar-refractivity contribution >= 4 is 73.7 Å². The van der Waals surface area contributed by atoms with Crippen molar-refractivity contribution in [1.29, 1.82) is 0 Å². The number of pyridine rings is 2. The van der Waals surface area contributed by atoms with Gasteiger partial charge in [0.2, 0.25) is 10.3 Å².